The molecule has 3 heteroatoms. The van der Waals surface area contributed by atoms with Crippen LogP contribution in [0, 0.1) is 0 Å². The van der Waals surface area contributed by atoms with Gasteiger partial charge in [0, 0.05) is 18.8 Å². The summed E-state index contributed by atoms with van der Waals surface area (Å²) < 4.78 is 5.80. The van der Waals surface area contributed by atoms with E-state index in [-0.39, 0.29) is 5.72 Å². The molecule has 0 radical (unpaired) electrons. The summed E-state index contributed by atoms with van der Waals surface area (Å²) in [5, 5.41) is 3.55. The second kappa shape index (κ2) is 6.51. The Bertz CT molecular complexity index is 583. The average Bonchev–Trinajstić information content (AvgIpc) is 2.87. The zero-order chi connectivity index (χ0) is 15.4. The molecule has 3 rings (SSSR count). The number of anilines is 1. The first-order valence-electron chi connectivity index (χ1n) is 7.88. The van der Waals surface area contributed by atoms with E-state index in [0.29, 0.717) is 6.04 Å². The molecule has 0 bridgehead atoms. The van der Waals surface area contributed by atoms with E-state index >= 15 is 0 Å². The Morgan fingerprint density at radius 3 is 2.27 bits per heavy atom. The largest absolute Gasteiger partial charge is 0.366 e. The minimum absolute atomic E-state index is 0.222. The number of hydrogen-bond donors (Lipinski definition) is 1. The molecule has 1 aliphatic heterocycles. The standard InChI is InChI=1S/C19H24N2O/c1-19(2)20-17(15-22-19)14-21(18-11-7-4-8-12-18)13-16-9-5-3-6-10-16/h3-12,17,20H,13-15H2,1-2H3. The Kier molecular flexibility index (Phi) is 4.46. The third-order valence-corrected chi connectivity index (χ3v) is 3.98. The first kappa shape index (κ1) is 15.1. The molecule has 2 aromatic carbocycles. The molecule has 22 heavy (non-hydrogen) atoms. The van der Waals surface area contributed by atoms with Gasteiger partial charge in [-0.3, -0.25) is 5.32 Å². The lowest BCUT2D eigenvalue weighted by molar-refractivity contribution is 0.0231. The van der Waals surface area contributed by atoms with Crippen molar-refractivity contribution < 1.29 is 4.74 Å². The number of rotatable bonds is 5. The van der Waals surface area contributed by atoms with Crippen molar-refractivity contribution in [2.45, 2.75) is 32.2 Å². The molecule has 0 aromatic heterocycles. The maximum Gasteiger partial charge on any atom is 0.113 e. The summed E-state index contributed by atoms with van der Waals surface area (Å²) in [5.41, 5.74) is 2.35. The number of nitrogens with one attached hydrogen (secondary N) is 1. The van der Waals surface area contributed by atoms with Gasteiger partial charge in [-0.25, -0.2) is 0 Å². The predicted molar refractivity (Wildman–Crippen MR) is 90.9 cm³/mol. The number of benzene rings is 2. The van der Waals surface area contributed by atoms with Crippen LogP contribution in [0.5, 0.6) is 0 Å². The molecule has 2 aromatic rings. The van der Waals surface area contributed by atoms with E-state index in [1.165, 1.54) is 11.3 Å². The molecule has 1 N–H and O–H groups in total. The highest BCUT2D eigenvalue weighted by atomic mass is 16.5. The number of hydrogen-bond acceptors (Lipinski definition) is 3. The van der Waals surface area contributed by atoms with Gasteiger partial charge < -0.3 is 9.64 Å². The van der Waals surface area contributed by atoms with Crippen molar-refractivity contribution in [3.63, 3.8) is 0 Å². The Hall–Kier alpha value is -1.84. The molecule has 1 atom stereocenters. The van der Waals surface area contributed by atoms with E-state index in [1.807, 2.05) is 0 Å². The third kappa shape index (κ3) is 3.87. The summed E-state index contributed by atoms with van der Waals surface area (Å²) in [6, 6.07) is 21.5. The molecule has 1 heterocycles. The van der Waals surface area contributed by atoms with Crippen molar-refractivity contribution in [1.82, 2.24) is 5.32 Å². The van der Waals surface area contributed by atoms with E-state index in [1.54, 1.807) is 0 Å². The molecule has 116 valence electrons. The first-order valence-corrected chi connectivity index (χ1v) is 7.88. The van der Waals surface area contributed by atoms with Crippen molar-refractivity contribution in [3.8, 4) is 0 Å². The monoisotopic (exact) mass is 296 g/mol. The molecule has 1 unspecified atom stereocenters. The first-order chi connectivity index (χ1) is 10.6. The van der Waals surface area contributed by atoms with Crippen LogP contribution in [-0.4, -0.2) is 24.9 Å². The van der Waals surface area contributed by atoms with Gasteiger partial charge in [0.1, 0.15) is 5.72 Å². The van der Waals surface area contributed by atoms with Gasteiger partial charge in [-0.05, 0) is 31.5 Å². The second-order valence-electron chi connectivity index (χ2n) is 6.36. The van der Waals surface area contributed by atoms with Gasteiger partial charge in [0.2, 0.25) is 0 Å². The number of para-hydroxylation sites is 1. The zero-order valence-corrected chi connectivity index (χ0v) is 13.3. The van der Waals surface area contributed by atoms with Crippen LogP contribution in [0.15, 0.2) is 60.7 Å². The second-order valence-corrected chi connectivity index (χ2v) is 6.36. The lowest BCUT2D eigenvalue weighted by Crippen LogP contribution is -2.44. The maximum atomic E-state index is 5.80. The van der Waals surface area contributed by atoms with E-state index in [2.05, 4.69) is 84.7 Å². The Morgan fingerprint density at radius 2 is 1.68 bits per heavy atom. The lowest BCUT2D eigenvalue weighted by atomic mass is 10.1. The highest BCUT2D eigenvalue weighted by Gasteiger charge is 2.31. The van der Waals surface area contributed by atoms with Crippen LogP contribution in [-0.2, 0) is 11.3 Å². The minimum Gasteiger partial charge on any atom is -0.366 e. The summed E-state index contributed by atoms with van der Waals surface area (Å²) >= 11 is 0. The molecular formula is C19H24N2O. The van der Waals surface area contributed by atoms with Gasteiger partial charge in [-0.1, -0.05) is 48.5 Å². The van der Waals surface area contributed by atoms with Crippen LogP contribution in [0.3, 0.4) is 0 Å². The topological polar surface area (TPSA) is 24.5 Å². The van der Waals surface area contributed by atoms with Crippen LogP contribution < -0.4 is 10.2 Å². The SMILES string of the molecule is CC1(C)NC(CN(Cc2ccccc2)c2ccccc2)CO1. The number of nitrogens with zero attached hydrogens (tertiary/aromatic N) is 1. The molecule has 1 aliphatic rings. The third-order valence-electron chi connectivity index (χ3n) is 3.98. The van der Waals surface area contributed by atoms with E-state index in [9.17, 15) is 0 Å². The molecule has 0 saturated carbocycles. The van der Waals surface area contributed by atoms with Crippen molar-refractivity contribution in [2.75, 3.05) is 18.1 Å². The maximum absolute atomic E-state index is 5.80. The summed E-state index contributed by atoms with van der Waals surface area (Å²) in [7, 11) is 0. The van der Waals surface area contributed by atoms with E-state index in [0.717, 1.165) is 19.7 Å². The quantitative estimate of drug-likeness (QED) is 0.915. The lowest BCUT2D eigenvalue weighted by Gasteiger charge is -2.28. The smallest absolute Gasteiger partial charge is 0.113 e. The van der Waals surface area contributed by atoms with Crippen molar-refractivity contribution in [2.24, 2.45) is 0 Å². The molecule has 1 saturated heterocycles. The number of ether oxygens (including phenoxy) is 1. The van der Waals surface area contributed by atoms with Gasteiger partial charge in [-0.15, -0.1) is 0 Å². The molecule has 0 aliphatic carbocycles. The van der Waals surface area contributed by atoms with Crippen LogP contribution in [0.25, 0.3) is 0 Å². The van der Waals surface area contributed by atoms with Crippen molar-refractivity contribution in [3.05, 3.63) is 66.2 Å². The highest BCUT2D eigenvalue weighted by Crippen LogP contribution is 2.20. The summed E-state index contributed by atoms with van der Waals surface area (Å²) in [6.07, 6.45) is 0. The summed E-state index contributed by atoms with van der Waals surface area (Å²) in [4.78, 5) is 2.41. The molecule has 0 amide bonds. The van der Waals surface area contributed by atoms with Gasteiger partial charge in [0.15, 0.2) is 0 Å². The fourth-order valence-corrected chi connectivity index (χ4v) is 2.95. The summed E-state index contributed by atoms with van der Waals surface area (Å²) in [5.74, 6) is 0. The van der Waals surface area contributed by atoms with Gasteiger partial charge >= 0.3 is 0 Å². The molecule has 1 fully saturated rings. The van der Waals surface area contributed by atoms with Gasteiger partial charge in [0.25, 0.3) is 0 Å². The molecular weight excluding hydrogens is 272 g/mol. The highest BCUT2D eigenvalue weighted by molar-refractivity contribution is 5.47. The fraction of sp³-hybridized carbons (Fsp3) is 0.368. The van der Waals surface area contributed by atoms with Crippen molar-refractivity contribution in [1.29, 1.82) is 0 Å². The van der Waals surface area contributed by atoms with E-state index in [4.69, 9.17) is 4.74 Å². The fourth-order valence-electron chi connectivity index (χ4n) is 2.95. The normalized spacial score (nSPS) is 20.0. The predicted octanol–water partition coefficient (Wildman–Crippen LogP) is 3.42. The van der Waals surface area contributed by atoms with Gasteiger partial charge in [0.05, 0.1) is 12.6 Å². The van der Waals surface area contributed by atoms with Crippen molar-refractivity contribution >= 4 is 5.69 Å². The molecule has 0 spiro atoms. The van der Waals surface area contributed by atoms with Crippen LogP contribution in [0.4, 0.5) is 5.69 Å². The Morgan fingerprint density at radius 1 is 1.05 bits per heavy atom. The zero-order valence-electron chi connectivity index (χ0n) is 13.3. The Balaban J connectivity index is 1.75. The average molecular weight is 296 g/mol. The minimum atomic E-state index is -0.222. The van der Waals surface area contributed by atoms with Crippen LogP contribution in [0.2, 0.25) is 0 Å². The summed E-state index contributed by atoms with van der Waals surface area (Å²) in [6.45, 7) is 6.75. The van der Waals surface area contributed by atoms with E-state index < -0.39 is 0 Å². The van der Waals surface area contributed by atoms with Gasteiger partial charge in [-0.2, -0.15) is 0 Å². The van der Waals surface area contributed by atoms with Crippen LogP contribution in [0.1, 0.15) is 19.4 Å². The Labute approximate surface area is 132 Å². The van der Waals surface area contributed by atoms with Crippen LogP contribution >= 0.6 is 0 Å². The molecule has 3 nitrogen and oxygen atoms in total.